The lowest BCUT2D eigenvalue weighted by atomic mass is 9.83. The molecule has 1 fully saturated rings. The predicted octanol–water partition coefficient (Wildman–Crippen LogP) is 2.33. The molecular formula is C12H20N2OS. The standard InChI is InChI=1S/C12H20N2OS/c1-4-11(2,8-13)10(15)14-9-12(16-3)6-5-7-12/h4-7,9H2,1-3H3,(H,14,15). The van der Waals surface area contributed by atoms with Crippen molar-refractivity contribution in [1.82, 2.24) is 5.32 Å². The number of amides is 1. The summed E-state index contributed by atoms with van der Waals surface area (Å²) in [6.45, 7) is 4.27. The third-order valence-electron chi connectivity index (χ3n) is 3.72. The van der Waals surface area contributed by atoms with Crippen molar-refractivity contribution in [3.8, 4) is 6.07 Å². The number of carbonyl (C=O) groups is 1. The lowest BCUT2D eigenvalue weighted by molar-refractivity contribution is -0.127. The minimum absolute atomic E-state index is 0.127. The molecule has 1 atom stereocenters. The van der Waals surface area contributed by atoms with E-state index in [0.717, 1.165) is 0 Å². The molecule has 16 heavy (non-hydrogen) atoms. The molecule has 1 amide bonds. The maximum Gasteiger partial charge on any atom is 0.240 e. The molecule has 1 saturated carbocycles. The van der Waals surface area contributed by atoms with Crippen LogP contribution in [0.25, 0.3) is 0 Å². The fourth-order valence-corrected chi connectivity index (χ4v) is 2.66. The van der Waals surface area contributed by atoms with Gasteiger partial charge in [0.2, 0.25) is 5.91 Å². The number of thioether (sulfide) groups is 1. The third-order valence-corrected chi connectivity index (χ3v) is 5.14. The topological polar surface area (TPSA) is 52.9 Å². The second-order valence-electron chi connectivity index (χ2n) is 4.72. The summed E-state index contributed by atoms with van der Waals surface area (Å²) in [5, 5.41) is 11.9. The first-order chi connectivity index (χ1) is 7.52. The molecule has 0 aromatic carbocycles. The van der Waals surface area contributed by atoms with Crippen LogP contribution in [-0.2, 0) is 4.79 Å². The number of hydrogen-bond acceptors (Lipinski definition) is 3. The van der Waals surface area contributed by atoms with Crippen LogP contribution < -0.4 is 5.32 Å². The Hall–Kier alpha value is -0.690. The van der Waals surface area contributed by atoms with Crippen LogP contribution in [0, 0.1) is 16.7 Å². The highest BCUT2D eigenvalue weighted by Gasteiger charge is 2.38. The van der Waals surface area contributed by atoms with Gasteiger partial charge >= 0.3 is 0 Å². The molecular weight excluding hydrogens is 220 g/mol. The van der Waals surface area contributed by atoms with Crippen molar-refractivity contribution in [2.75, 3.05) is 12.8 Å². The van der Waals surface area contributed by atoms with Crippen molar-refractivity contribution in [2.45, 2.75) is 44.3 Å². The molecule has 1 aliphatic rings. The zero-order valence-electron chi connectivity index (χ0n) is 10.3. The second kappa shape index (κ2) is 5.09. The fourth-order valence-electron chi connectivity index (χ4n) is 1.75. The van der Waals surface area contributed by atoms with Gasteiger partial charge in [-0.15, -0.1) is 0 Å². The van der Waals surface area contributed by atoms with Crippen LogP contribution in [0.15, 0.2) is 0 Å². The van der Waals surface area contributed by atoms with Gasteiger partial charge in [0, 0.05) is 11.3 Å². The summed E-state index contributed by atoms with van der Waals surface area (Å²) < 4.78 is 0.236. The molecule has 0 saturated heterocycles. The lowest BCUT2D eigenvalue weighted by Gasteiger charge is -2.40. The zero-order chi connectivity index (χ0) is 12.2. The van der Waals surface area contributed by atoms with Crippen molar-refractivity contribution in [1.29, 1.82) is 5.26 Å². The van der Waals surface area contributed by atoms with Gasteiger partial charge in [0.25, 0.3) is 0 Å². The number of nitrogens with zero attached hydrogens (tertiary/aromatic N) is 1. The number of nitrogens with one attached hydrogen (secondary N) is 1. The van der Waals surface area contributed by atoms with E-state index in [-0.39, 0.29) is 10.7 Å². The van der Waals surface area contributed by atoms with E-state index in [0.29, 0.717) is 13.0 Å². The number of hydrogen-bond donors (Lipinski definition) is 1. The van der Waals surface area contributed by atoms with Crippen molar-refractivity contribution < 1.29 is 4.79 Å². The van der Waals surface area contributed by atoms with Gasteiger partial charge in [0.15, 0.2) is 0 Å². The quantitative estimate of drug-likeness (QED) is 0.802. The zero-order valence-corrected chi connectivity index (χ0v) is 11.1. The van der Waals surface area contributed by atoms with Crippen LogP contribution in [0.3, 0.4) is 0 Å². The highest BCUT2D eigenvalue weighted by molar-refractivity contribution is 8.00. The van der Waals surface area contributed by atoms with E-state index in [1.165, 1.54) is 19.3 Å². The van der Waals surface area contributed by atoms with Crippen molar-refractivity contribution in [3.63, 3.8) is 0 Å². The molecule has 3 nitrogen and oxygen atoms in total. The monoisotopic (exact) mass is 240 g/mol. The minimum atomic E-state index is -0.872. The van der Waals surface area contributed by atoms with Crippen molar-refractivity contribution in [2.24, 2.45) is 5.41 Å². The van der Waals surface area contributed by atoms with Crippen molar-refractivity contribution in [3.05, 3.63) is 0 Å². The molecule has 1 rings (SSSR count). The van der Waals surface area contributed by atoms with E-state index in [4.69, 9.17) is 5.26 Å². The van der Waals surface area contributed by atoms with Crippen LogP contribution >= 0.6 is 11.8 Å². The molecule has 1 aliphatic carbocycles. The minimum Gasteiger partial charge on any atom is -0.353 e. The normalized spacial score (nSPS) is 21.4. The summed E-state index contributed by atoms with van der Waals surface area (Å²) in [6.07, 6.45) is 6.24. The molecule has 0 aromatic heterocycles. The molecule has 0 spiro atoms. The van der Waals surface area contributed by atoms with Gasteiger partial charge in [-0.3, -0.25) is 4.79 Å². The van der Waals surface area contributed by atoms with E-state index >= 15 is 0 Å². The second-order valence-corrected chi connectivity index (χ2v) is 6.00. The van der Waals surface area contributed by atoms with Gasteiger partial charge in [-0.05, 0) is 32.4 Å². The Morgan fingerprint density at radius 1 is 1.62 bits per heavy atom. The van der Waals surface area contributed by atoms with E-state index in [2.05, 4.69) is 17.6 Å². The third kappa shape index (κ3) is 2.52. The van der Waals surface area contributed by atoms with Gasteiger partial charge in [0.05, 0.1) is 6.07 Å². The number of rotatable bonds is 5. The molecule has 0 aromatic rings. The molecule has 90 valence electrons. The average Bonchev–Trinajstić information content (AvgIpc) is 2.26. The SMILES string of the molecule is CCC(C)(C#N)C(=O)NCC1(SC)CCC1. The summed E-state index contributed by atoms with van der Waals surface area (Å²) >= 11 is 1.83. The van der Waals surface area contributed by atoms with Gasteiger partial charge in [-0.25, -0.2) is 0 Å². The molecule has 1 unspecified atom stereocenters. The summed E-state index contributed by atoms with van der Waals surface area (Å²) in [7, 11) is 0. The van der Waals surface area contributed by atoms with E-state index in [9.17, 15) is 4.79 Å². The molecule has 0 aliphatic heterocycles. The van der Waals surface area contributed by atoms with Crippen LogP contribution in [0.2, 0.25) is 0 Å². The van der Waals surface area contributed by atoms with Gasteiger partial charge in [0.1, 0.15) is 5.41 Å². The first kappa shape index (κ1) is 13.4. The van der Waals surface area contributed by atoms with E-state index < -0.39 is 5.41 Å². The van der Waals surface area contributed by atoms with Crippen LogP contribution in [0.1, 0.15) is 39.5 Å². The maximum atomic E-state index is 11.9. The molecule has 0 bridgehead atoms. The van der Waals surface area contributed by atoms with Crippen LogP contribution in [-0.4, -0.2) is 23.5 Å². The Labute approximate surface area is 102 Å². The molecule has 4 heteroatoms. The number of nitriles is 1. The smallest absolute Gasteiger partial charge is 0.240 e. The average molecular weight is 240 g/mol. The molecule has 1 N–H and O–H groups in total. The first-order valence-electron chi connectivity index (χ1n) is 5.76. The summed E-state index contributed by atoms with van der Waals surface area (Å²) in [5.41, 5.74) is -0.872. The summed E-state index contributed by atoms with van der Waals surface area (Å²) in [6, 6.07) is 2.10. The van der Waals surface area contributed by atoms with E-state index in [1.807, 2.05) is 18.7 Å². The Bertz CT molecular complexity index is 301. The van der Waals surface area contributed by atoms with Gasteiger partial charge < -0.3 is 5.32 Å². The highest BCUT2D eigenvalue weighted by atomic mass is 32.2. The Balaban J connectivity index is 2.50. The maximum absolute atomic E-state index is 11.9. The Kier molecular flexibility index (Phi) is 4.26. The molecule has 0 heterocycles. The summed E-state index contributed by atoms with van der Waals surface area (Å²) in [5.74, 6) is -0.127. The van der Waals surface area contributed by atoms with Gasteiger partial charge in [-0.1, -0.05) is 13.3 Å². The largest absolute Gasteiger partial charge is 0.353 e. The number of carbonyl (C=O) groups excluding carboxylic acids is 1. The van der Waals surface area contributed by atoms with Crippen LogP contribution in [0.5, 0.6) is 0 Å². The van der Waals surface area contributed by atoms with E-state index in [1.54, 1.807) is 6.92 Å². The first-order valence-corrected chi connectivity index (χ1v) is 6.99. The predicted molar refractivity (Wildman–Crippen MR) is 67.1 cm³/mol. The lowest BCUT2D eigenvalue weighted by Crippen LogP contribution is -2.48. The highest BCUT2D eigenvalue weighted by Crippen LogP contribution is 2.42. The van der Waals surface area contributed by atoms with Crippen LogP contribution in [0.4, 0.5) is 0 Å². The summed E-state index contributed by atoms with van der Waals surface area (Å²) in [4.78, 5) is 11.9. The Morgan fingerprint density at radius 2 is 2.25 bits per heavy atom. The van der Waals surface area contributed by atoms with Gasteiger partial charge in [-0.2, -0.15) is 17.0 Å². The fraction of sp³-hybridized carbons (Fsp3) is 0.833. The molecule has 0 radical (unpaired) electrons. The Morgan fingerprint density at radius 3 is 2.56 bits per heavy atom. The van der Waals surface area contributed by atoms with Crippen molar-refractivity contribution >= 4 is 17.7 Å².